The van der Waals surface area contributed by atoms with Gasteiger partial charge in [0.2, 0.25) is 5.88 Å². The average Bonchev–Trinajstić information content (AvgIpc) is 3.13. The van der Waals surface area contributed by atoms with Gasteiger partial charge in [-0.15, -0.1) is 0 Å². The van der Waals surface area contributed by atoms with Gasteiger partial charge in [0, 0.05) is 37.8 Å². The molecule has 1 atom stereocenters. The third-order valence-corrected chi connectivity index (χ3v) is 5.58. The minimum Gasteiger partial charge on any atom is -0.482 e. The van der Waals surface area contributed by atoms with E-state index in [0.29, 0.717) is 46.0 Å². The van der Waals surface area contributed by atoms with E-state index in [9.17, 15) is 9.59 Å². The van der Waals surface area contributed by atoms with Gasteiger partial charge in [0.25, 0.3) is 0 Å². The third-order valence-electron chi connectivity index (χ3n) is 5.58. The summed E-state index contributed by atoms with van der Waals surface area (Å²) in [7, 11) is 4.93. The first-order valence-electron chi connectivity index (χ1n) is 12.1. The second kappa shape index (κ2) is 11.9. The summed E-state index contributed by atoms with van der Waals surface area (Å²) in [5, 5.41) is 4.57. The van der Waals surface area contributed by atoms with E-state index < -0.39 is 17.8 Å². The predicted octanol–water partition coefficient (Wildman–Crippen LogP) is 4.69. The van der Waals surface area contributed by atoms with Crippen LogP contribution in [0.1, 0.15) is 53.7 Å². The molecule has 10 heteroatoms. The van der Waals surface area contributed by atoms with Crippen LogP contribution in [0.3, 0.4) is 0 Å². The first-order valence-corrected chi connectivity index (χ1v) is 12.1. The Bertz CT molecular complexity index is 1190. The molecule has 0 saturated heterocycles. The van der Waals surface area contributed by atoms with Gasteiger partial charge in [0.15, 0.2) is 17.4 Å². The number of hydrogen-bond donors (Lipinski definition) is 1. The van der Waals surface area contributed by atoms with Gasteiger partial charge in [-0.1, -0.05) is 19.6 Å². The first-order chi connectivity index (χ1) is 17.2. The molecule has 2 rings (SSSR count). The molecule has 0 saturated carbocycles. The summed E-state index contributed by atoms with van der Waals surface area (Å²) in [5.74, 6) is 0.948. The molecule has 0 aromatic carbocycles. The Balaban J connectivity index is 2.45. The Hall–Kier alpha value is -3.82. The van der Waals surface area contributed by atoms with Gasteiger partial charge in [0.05, 0.1) is 24.9 Å². The highest BCUT2D eigenvalue weighted by Crippen LogP contribution is 2.37. The van der Waals surface area contributed by atoms with Gasteiger partial charge < -0.3 is 24.8 Å². The number of ketones is 1. The lowest BCUT2D eigenvalue weighted by atomic mass is 9.97. The number of aromatic nitrogens is 3. The van der Waals surface area contributed by atoms with E-state index in [1.165, 1.54) is 4.90 Å². The molecule has 0 aliphatic rings. The van der Waals surface area contributed by atoms with Crippen LogP contribution in [-0.2, 0) is 23.1 Å². The van der Waals surface area contributed by atoms with Crippen molar-refractivity contribution in [1.82, 2.24) is 19.7 Å². The second-order valence-corrected chi connectivity index (χ2v) is 9.66. The number of aryl methyl sites for hydroxylation is 1. The monoisotopic (exact) mass is 513 g/mol. The van der Waals surface area contributed by atoms with Gasteiger partial charge in [0.1, 0.15) is 11.7 Å². The van der Waals surface area contributed by atoms with Crippen LogP contribution in [-0.4, -0.2) is 57.4 Å². The van der Waals surface area contributed by atoms with Crippen LogP contribution in [0, 0.1) is 0 Å². The smallest absolute Gasteiger partial charge is 0.410 e. The molecule has 2 N–H and O–H groups in total. The molecule has 0 aliphatic carbocycles. The minimum atomic E-state index is -0.626. The van der Waals surface area contributed by atoms with Crippen molar-refractivity contribution < 1.29 is 23.8 Å². The van der Waals surface area contributed by atoms with Crippen LogP contribution in [0.15, 0.2) is 36.1 Å². The predicted molar refractivity (Wildman–Crippen MR) is 143 cm³/mol. The molecule has 0 spiro atoms. The maximum atomic E-state index is 12.6. The van der Waals surface area contributed by atoms with Gasteiger partial charge in [-0.05, 0) is 46.3 Å². The Morgan fingerprint density at radius 3 is 2.51 bits per heavy atom. The topological polar surface area (TPSA) is 122 Å². The fraction of sp³-hybridized carbons (Fsp3) is 0.481. The van der Waals surface area contributed by atoms with Crippen molar-refractivity contribution in [3.63, 3.8) is 0 Å². The average molecular weight is 514 g/mol. The number of rotatable bonds is 10. The van der Waals surface area contributed by atoms with Crippen molar-refractivity contribution in [2.45, 2.75) is 66.2 Å². The number of carbonyl (C=O) groups excluding carboxylic acids is 2. The number of allylic oxidation sites excluding steroid dienone is 1. The largest absolute Gasteiger partial charge is 0.482 e. The van der Waals surface area contributed by atoms with Crippen LogP contribution in [0.4, 0.5) is 10.6 Å². The van der Waals surface area contributed by atoms with Gasteiger partial charge in [-0.3, -0.25) is 4.79 Å². The molecule has 2 aromatic heterocycles. The fourth-order valence-corrected chi connectivity index (χ4v) is 3.79. The van der Waals surface area contributed by atoms with Crippen molar-refractivity contribution in [2.75, 3.05) is 19.9 Å². The number of amides is 1. The number of nitrogen functional groups attached to an aromatic ring is 1. The highest BCUT2D eigenvalue weighted by molar-refractivity contribution is 5.98. The van der Waals surface area contributed by atoms with E-state index >= 15 is 0 Å². The molecule has 2 heterocycles. The first kappa shape index (κ1) is 29.4. The van der Waals surface area contributed by atoms with Crippen molar-refractivity contribution in [1.29, 1.82) is 0 Å². The van der Waals surface area contributed by atoms with Crippen molar-refractivity contribution >= 4 is 17.7 Å². The molecule has 0 aliphatic heterocycles. The molecule has 2 aromatic rings. The van der Waals surface area contributed by atoms with Crippen LogP contribution < -0.4 is 15.2 Å². The lowest BCUT2D eigenvalue weighted by Gasteiger charge is -2.24. The van der Waals surface area contributed by atoms with Crippen molar-refractivity contribution in [3.05, 3.63) is 41.8 Å². The van der Waals surface area contributed by atoms with Gasteiger partial charge in [-0.25, -0.2) is 14.5 Å². The van der Waals surface area contributed by atoms with E-state index in [4.69, 9.17) is 19.9 Å². The molecule has 37 heavy (non-hydrogen) atoms. The molecular formula is C27H39N5O5. The summed E-state index contributed by atoms with van der Waals surface area (Å²) >= 11 is 0. The SMILES string of the molecule is C=C(C(=O)CC)C(=CC)C(C)Oc1cc(-c2c(CN(C)C(=O)OC(C)(C)C)nn(C)c2OC)cnc1N. The molecule has 1 unspecified atom stereocenters. The summed E-state index contributed by atoms with van der Waals surface area (Å²) in [6.45, 7) is 15.0. The normalized spacial score (nSPS) is 12.6. The van der Waals surface area contributed by atoms with E-state index in [1.54, 1.807) is 45.1 Å². The third kappa shape index (κ3) is 7.12. The number of nitrogens with zero attached hydrogens (tertiary/aromatic N) is 4. The lowest BCUT2D eigenvalue weighted by Crippen LogP contribution is -2.34. The Morgan fingerprint density at radius 2 is 1.97 bits per heavy atom. The quantitative estimate of drug-likeness (QED) is 0.359. The van der Waals surface area contributed by atoms with E-state index in [-0.39, 0.29) is 18.1 Å². The number of anilines is 1. The fourth-order valence-electron chi connectivity index (χ4n) is 3.79. The molecule has 0 fully saturated rings. The maximum absolute atomic E-state index is 12.6. The number of nitrogens with two attached hydrogens (primary N) is 1. The van der Waals surface area contributed by atoms with Crippen molar-refractivity contribution in [3.8, 4) is 22.8 Å². The summed E-state index contributed by atoms with van der Waals surface area (Å²) in [6, 6.07) is 1.74. The summed E-state index contributed by atoms with van der Waals surface area (Å²) < 4.78 is 18.8. The van der Waals surface area contributed by atoms with Crippen LogP contribution >= 0.6 is 0 Å². The molecule has 10 nitrogen and oxygen atoms in total. The van der Waals surface area contributed by atoms with E-state index in [2.05, 4.69) is 16.7 Å². The maximum Gasteiger partial charge on any atom is 0.410 e. The van der Waals surface area contributed by atoms with E-state index in [0.717, 1.165) is 0 Å². The van der Waals surface area contributed by atoms with Crippen LogP contribution in [0.5, 0.6) is 11.6 Å². The minimum absolute atomic E-state index is 0.0535. The summed E-state index contributed by atoms with van der Waals surface area (Å²) in [4.78, 5) is 30.5. The Labute approximate surface area is 219 Å². The number of ether oxygens (including phenoxy) is 3. The zero-order valence-corrected chi connectivity index (χ0v) is 23.3. The second-order valence-electron chi connectivity index (χ2n) is 9.66. The Kier molecular flexibility index (Phi) is 9.49. The Morgan fingerprint density at radius 1 is 1.32 bits per heavy atom. The molecule has 0 bridgehead atoms. The number of carbonyl (C=O) groups is 2. The number of methoxy groups -OCH3 is 1. The summed E-state index contributed by atoms with van der Waals surface area (Å²) in [5.41, 5.74) is 8.46. The van der Waals surface area contributed by atoms with Crippen LogP contribution in [0.25, 0.3) is 11.1 Å². The van der Waals surface area contributed by atoms with Gasteiger partial charge >= 0.3 is 6.09 Å². The lowest BCUT2D eigenvalue weighted by molar-refractivity contribution is -0.115. The zero-order valence-electron chi connectivity index (χ0n) is 23.3. The molecule has 202 valence electrons. The molecule has 1 amide bonds. The zero-order chi connectivity index (χ0) is 28.1. The molecular weight excluding hydrogens is 474 g/mol. The molecule has 0 radical (unpaired) electrons. The number of pyridine rings is 1. The van der Waals surface area contributed by atoms with Crippen molar-refractivity contribution in [2.24, 2.45) is 7.05 Å². The van der Waals surface area contributed by atoms with Crippen LogP contribution in [0.2, 0.25) is 0 Å². The highest BCUT2D eigenvalue weighted by atomic mass is 16.6. The number of hydrogen-bond acceptors (Lipinski definition) is 8. The highest BCUT2D eigenvalue weighted by Gasteiger charge is 2.26. The standard InChI is InChI=1S/C27H39N5O5/c1-11-19(16(3)21(33)12-2)17(4)36-22-13-18(14-29-24(22)28)23-20(30-32(9)25(23)35-10)15-31(8)26(34)37-27(5,6)7/h11,13-14,17H,3,12,15H2,1-2,4-10H3,(H2,28,29). The van der Waals surface area contributed by atoms with Gasteiger partial charge in [-0.2, -0.15) is 5.10 Å². The van der Waals surface area contributed by atoms with E-state index in [1.807, 2.05) is 40.7 Å². The summed E-state index contributed by atoms with van der Waals surface area (Å²) in [6.07, 6.45) is 2.78. The number of Topliss-reactive ketones (excluding diaryl/α,β-unsaturated/α-hetero) is 1.